The smallest absolute Gasteiger partial charge is 0.216 e. The Morgan fingerprint density at radius 3 is 2.53 bits per heavy atom. The number of nitrogens with zero attached hydrogens (tertiary/aromatic N) is 3. The second-order valence-corrected chi connectivity index (χ2v) is 9.10. The first-order valence-electron chi connectivity index (χ1n) is 11.2. The maximum absolute atomic E-state index is 5.87. The Morgan fingerprint density at radius 1 is 1.23 bits per heavy atom. The van der Waals surface area contributed by atoms with Gasteiger partial charge in [-0.05, 0) is 32.3 Å². The van der Waals surface area contributed by atoms with Crippen molar-refractivity contribution < 1.29 is 4.42 Å². The minimum Gasteiger partial charge on any atom is -0.443 e. The van der Waals surface area contributed by atoms with Crippen molar-refractivity contribution in [1.29, 1.82) is 0 Å². The van der Waals surface area contributed by atoms with E-state index in [0.29, 0.717) is 24.5 Å². The molecule has 3 rings (SSSR count). The third kappa shape index (κ3) is 6.08. The maximum atomic E-state index is 5.87. The maximum Gasteiger partial charge on any atom is 0.216 e. The Balaban J connectivity index is 1.53. The Hall–Kier alpha value is -2.34. The summed E-state index contributed by atoms with van der Waals surface area (Å²) in [7, 11) is 0. The van der Waals surface area contributed by atoms with Gasteiger partial charge in [0.2, 0.25) is 5.89 Å². The Morgan fingerprint density at radius 2 is 1.93 bits per heavy atom. The molecule has 0 bridgehead atoms. The number of hydrogen-bond donors (Lipinski definition) is 2. The van der Waals surface area contributed by atoms with E-state index in [2.05, 4.69) is 85.5 Å². The molecule has 0 amide bonds. The van der Waals surface area contributed by atoms with Crippen molar-refractivity contribution in [3.05, 3.63) is 53.7 Å². The normalized spacial score (nSPS) is 17.7. The second kappa shape index (κ2) is 10.1. The SMILES string of the molecule is CCNC(=NCc1ncc(C(C)(C)C)o1)NC1CCN(C(C)c2ccccc2)CC1. The topological polar surface area (TPSA) is 65.7 Å². The lowest BCUT2D eigenvalue weighted by molar-refractivity contribution is 0.158. The molecule has 2 heterocycles. The van der Waals surface area contributed by atoms with Crippen LogP contribution in [-0.2, 0) is 12.0 Å². The van der Waals surface area contributed by atoms with Crippen molar-refractivity contribution in [2.24, 2.45) is 4.99 Å². The molecule has 164 valence electrons. The molecular weight excluding hydrogens is 374 g/mol. The number of benzene rings is 1. The minimum absolute atomic E-state index is 0.0391. The number of likely N-dealkylation sites (tertiary alicyclic amines) is 1. The number of guanidine groups is 1. The predicted molar refractivity (Wildman–Crippen MR) is 123 cm³/mol. The molecule has 6 nitrogen and oxygen atoms in total. The van der Waals surface area contributed by atoms with Gasteiger partial charge in [0.05, 0.1) is 6.20 Å². The van der Waals surface area contributed by atoms with Crippen LogP contribution in [0.25, 0.3) is 0 Å². The van der Waals surface area contributed by atoms with E-state index >= 15 is 0 Å². The number of rotatable bonds is 6. The molecule has 1 saturated heterocycles. The van der Waals surface area contributed by atoms with Crippen LogP contribution in [0.3, 0.4) is 0 Å². The first-order chi connectivity index (χ1) is 14.4. The van der Waals surface area contributed by atoms with E-state index in [1.807, 2.05) is 6.20 Å². The first kappa shape index (κ1) is 22.3. The number of aliphatic imine (C=N–C) groups is 1. The zero-order valence-electron chi connectivity index (χ0n) is 19.1. The molecule has 0 aliphatic carbocycles. The first-order valence-corrected chi connectivity index (χ1v) is 11.2. The lowest BCUT2D eigenvalue weighted by atomic mass is 9.94. The summed E-state index contributed by atoms with van der Waals surface area (Å²) < 4.78 is 5.87. The van der Waals surface area contributed by atoms with Crippen LogP contribution in [0.4, 0.5) is 0 Å². The van der Waals surface area contributed by atoms with Crippen LogP contribution in [0.15, 0.2) is 45.9 Å². The molecule has 6 heteroatoms. The van der Waals surface area contributed by atoms with E-state index in [0.717, 1.165) is 44.2 Å². The molecule has 1 aliphatic rings. The number of aromatic nitrogens is 1. The summed E-state index contributed by atoms with van der Waals surface area (Å²) in [4.78, 5) is 11.7. The molecule has 1 unspecified atom stereocenters. The van der Waals surface area contributed by atoms with E-state index in [1.54, 1.807) is 0 Å². The van der Waals surface area contributed by atoms with Gasteiger partial charge in [-0.3, -0.25) is 4.90 Å². The average Bonchev–Trinajstić information content (AvgIpc) is 3.23. The highest BCUT2D eigenvalue weighted by molar-refractivity contribution is 5.80. The Kier molecular flexibility index (Phi) is 7.53. The molecule has 1 fully saturated rings. The lowest BCUT2D eigenvalue weighted by Crippen LogP contribution is -2.49. The average molecular weight is 412 g/mol. The lowest BCUT2D eigenvalue weighted by Gasteiger charge is -2.37. The molecule has 2 aromatic rings. The highest BCUT2D eigenvalue weighted by Crippen LogP contribution is 2.24. The van der Waals surface area contributed by atoms with E-state index in [-0.39, 0.29) is 5.41 Å². The van der Waals surface area contributed by atoms with Gasteiger partial charge in [-0.25, -0.2) is 9.98 Å². The van der Waals surface area contributed by atoms with E-state index < -0.39 is 0 Å². The largest absolute Gasteiger partial charge is 0.443 e. The third-order valence-electron chi connectivity index (χ3n) is 5.71. The summed E-state index contributed by atoms with van der Waals surface area (Å²) in [5.41, 5.74) is 1.35. The summed E-state index contributed by atoms with van der Waals surface area (Å²) in [6, 6.07) is 11.6. The molecule has 0 saturated carbocycles. The zero-order valence-corrected chi connectivity index (χ0v) is 19.1. The third-order valence-corrected chi connectivity index (χ3v) is 5.71. The van der Waals surface area contributed by atoms with Gasteiger partial charge in [-0.1, -0.05) is 51.1 Å². The summed E-state index contributed by atoms with van der Waals surface area (Å²) in [5.74, 6) is 2.39. The number of hydrogen-bond acceptors (Lipinski definition) is 4. The number of nitrogens with one attached hydrogen (secondary N) is 2. The van der Waals surface area contributed by atoms with Crippen LogP contribution in [-0.4, -0.2) is 41.5 Å². The molecule has 1 aromatic carbocycles. The van der Waals surface area contributed by atoms with Crippen LogP contribution in [0.5, 0.6) is 0 Å². The predicted octanol–water partition coefficient (Wildman–Crippen LogP) is 4.25. The minimum atomic E-state index is -0.0391. The van der Waals surface area contributed by atoms with Crippen molar-refractivity contribution in [2.45, 2.75) is 71.5 Å². The molecule has 30 heavy (non-hydrogen) atoms. The number of oxazole rings is 1. The van der Waals surface area contributed by atoms with Crippen LogP contribution >= 0.6 is 0 Å². The fourth-order valence-electron chi connectivity index (χ4n) is 3.76. The van der Waals surface area contributed by atoms with Crippen LogP contribution in [0.2, 0.25) is 0 Å². The van der Waals surface area contributed by atoms with Crippen molar-refractivity contribution in [3.63, 3.8) is 0 Å². The summed E-state index contributed by atoms with van der Waals surface area (Å²) in [6.45, 7) is 14.2. The highest BCUT2D eigenvalue weighted by atomic mass is 16.4. The molecule has 1 aromatic heterocycles. The van der Waals surface area contributed by atoms with Crippen LogP contribution in [0.1, 0.15) is 70.7 Å². The quantitative estimate of drug-likeness (QED) is 0.549. The van der Waals surface area contributed by atoms with Gasteiger partial charge in [-0.15, -0.1) is 0 Å². The van der Waals surface area contributed by atoms with Crippen molar-refractivity contribution in [3.8, 4) is 0 Å². The van der Waals surface area contributed by atoms with Crippen molar-refractivity contribution in [1.82, 2.24) is 20.5 Å². The summed E-state index contributed by atoms with van der Waals surface area (Å²) >= 11 is 0. The summed E-state index contributed by atoms with van der Waals surface area (Å²) in [6.07, 6.45) is 4.03. The van der Waals surface area contributed by atoms with Gasteiger partial charge in [0.1, 0.15) is 12.3 Å². The van der Waals surface area contributed by atoms with E-state index in [1.165, 1.54) is 5.56 Å². The Labute approximate surface area is 181 Å². The fraction of sp³-hybridized carbons (Fsp3) is 0.583. The molecule has 1 atom stereocenters. The zero-order chi connectivity index (χ0) is 21.6. The fourth-order valence-corrected chi connectivity index (χ4v) is 3.76. The van der Waals surface area contributed by atoms with Gasteiger partial charge >= 0.3 is 0 Å². The van der Waals surface area contributed by atoms with Gasteiger partial charge in [0.25, 0.3) is 0 Å². The van der Waals surface area contributed by atoms with Crippen LogP contribution in [0, 0.1) is 0 Å². The van der Waals surface area contributed by atoms with Gasteiger partial charge in [0.15, 0.2) is 5.96 Å². The van der Waals surface area contributed by atoms with E-state index in [4.69, 9.17) is 9.41 Å². The highest BCUT2D eigenvalue weighted by Gasteiger charge is 2.24. The monoisotopic (exact) mass is 411 g/mol. The second-order valence-electron chi connectivity index (χ2n) is 9.10. The van der Waals surface area contributed by atoms with Crippen molar-refractivity contribution in [2.75, 3.05) is 19.6 Å². The van der Waals surface area contributed by atoms with Crippen molar-refractivity contribution >= 4 is 5.96 Å². The number of piperidine rings is 1. The molecular formula is C24H37N5O. The molecule has 0 radical (unpaired) electrons. The standard InChI is InChI=1S/C24H37N5O/c1-6-25-23(27-17-22-26-16-21(30-22)24(3,4)5)28-20-12-14-29(15-13-20)18(2)19-10-8-7-9-11-19/h7-11,16,18,20H,6,12-15,17H2,1-5H3,(H2,25,27,28). The molecule has 0 spiro atoms. The van der Waals surface area contributed by atoms with Gasteiger partial charge in [-0.2, -0.15) is 0 Å². The van der Waals surface area contributed by atoms with E-state index in [9.17, 15) is 0 Å². The summed E-state index contributed by atoms with van der Waals surface area (Å²) in [5, 5.41) is 6.96. The molecule has 2 N–H and O–H groups in total. The Bertz CT molecular complexity index is 801. The van der Waals surface area contributed by atoms with Crippen LogP contribution < -0.4 is 10.6 Å². The van der Waals surface area contributed by atoms with Gasteiger partial charge < -0.3 is 15.1 Å². The van der Waals surface area contributed by atoms with Gasteiger partial charge in [0, 0.05) is 37.1 Å². The molecule has 1 aliphatic heterocycles.